The van der Waals surface area contributed by atoms with Gasteiger partial charge in [0.15, 0.2) is 0 Å². The molecule has 3 N–H and O–H groups in total. The second kappa shape index (κ2) is 7.90. The predicted octanol–water partition coefficient (Wildman–Crippen LogP) is 1.81. The molecule has 2 heterocycles. The number of hydrogen-bond acceptors (Lipinski definition) is 4. The maximum absolute atomic E-state index is 12.2. The van der Waals surface area contributed by atoms with Gasteiger partial charge < -0.3 is 16.0 Å². The van der Waals surface area contributed by atoms with Crippen LogP contribution in [0.2, 0.25) is 0 Å². The second-order valence-electron chi connectivity index (χ2n) is 6.06. The van der Waals surface area contributed by atoms with Gasteiger partial charge in [-0.15, -0.1) is 0 Å². The van der Waals surface area contributed by atoms with E-state index in [1.807, 2.05) is 36.9 Å². The first kappa shape index (κ1) is 17.1. The number of carbonyl (C=O) groups is 2. The third-order valence-electron chi connectivity index (χ3n) is 4.27. The quantitative estimate of drug-likeness (QED) is 0.776. The van der Waals surface area contributed by atoms with Crippen molar-refractivity contribution in [3.63, 3.8) is 0 Å². The molecule has 6 nitrogen and oxygen atoms in total. The van der Waals surface area contributed by atoms with E-state index >= 15 is 0 Å². The Balaban J connectivity index is 1.64. The average Bonchev–Trinajstić information content (AvgIpc) is 2.99. The topological polar surface area (TPSA) is 73.5 Å². The molecule has 2 aliphatic heterocycles. The van der Waals surface area contributed by atoms with E-state index in [-0.39, 0.29) is 18.0 Å². The van der Waals surface area contributed by atoms with Crippen LogP contribution in [0.5, 0.6) is 0 Å². The molecule has 0 radical (unpaired) electrons. The summed E-state index contributed by atoms with van der Waals surface area (Å²) in [7, 11) is 0. The molecule has 0 spiro atoms. The Labute approximate surface area is 146 Å². The lowest BCUT2D eigenvalue weighted by molar-refractivity contribution is -0.116. The molecular formula is C17H24N4O2S. The van der Waals surface area contributed by atoms with E-state index in [1.54, 1.807) is 4.90 Å². The van der Waals surface area contributed by atoms with Crippen LogP contribution in [0.1, 0.15) is 18.9 Å². The number of rotatable bonds is 4. The first-order chi connectivity index (χ1) is 11.7. The summed E-state index contributed by atoms with van der Waals surface area (Å²) in [4.78, 5) is 26.1. The van der Waals surface area contributed by atoms with Crippen molar-refractivity contribution >= 4 is 35.1 Å². The van der Waals surface area contributed by atoms with Gasteiger partial charge in [-0.3, -0.25) is 9.69 Å². The summed E-state index contributed by atoms with van der Waals surface area (Å²) in [5.41, 5.74) is 2.79. The molecule has 1 unspecified atom stereocenters. The molecular weight excluding hydrogens is 324 g/mol. The average molecular weight is 348 g/mol. The summed E-state index contributed by atoms with van der Waals surface area (Å²) in [5.74, 6) is 2.10. The van der Waals surface area contributed by atoms with Crippen molar-refractivity contribution < 1.29 is 9.59 Å². The molecule has 3 rings (SSSR count). The van der Waals surface area contributed by atoms with E-state index in [0.717, 1.165) is 41.4 Å². The monoisotopic (exact) mass is 348 g/mol. The third kappa shape index (κ3) is 4.02. The van der Waals surface area contributed by atoms with Crippen molar-refractivity contribution in [2.24, 2.45) is 0 Å². The van der Waals surface area contributed by atoms with Crippen molar-refractivity contribution in [3.8, 4) is 0 Å². The summed E-state index contributed by atoms with van der Waals surface area (Å²) >= 11 is 1.88. The zero-order chi connectivity index (χ0) is 16.9. The Morgan fingerprint density at radius 1 is 1.42 bits per heavy atom. The number of anilines is 2. The number of nitrogens with zero attached hydrogens (tertiary/aromatic N) is 1. The molecule has 24 heavy (non-hydrogen) atoms. The van der Waals surface area contributed by atoms with Gasteiger partial charge in [0.1, 0.15) is 0 Å². The minimum atomic E-state index is -0.0804. The van der Waals surface area contributed by atoms with Gasteiger partial charge in [0.25, 0.3) is 0 Å². The molecule has 1 aromatic carbocycles. The largest absolute Gasteiger partial charge is 0.338 e. The molecule has 1 atom stereocenters. The van der Waals surface area contributed by atoms with Crippen LogP contribution in [0, 0.1) is 0 Å². The van der Waals surface area contributed by atoms with Crippen LogP contribution in [0.15, 0.2) is 18.2 Å². The molecule has 2 aliphatic rings. The van der Waals surface area contributed by atoms with E-state index in [9.17, 15) is 9.59 Å². The van der Waals surface area contributed by atoms with Gasteiger partial charge in [0.2, 0.25) is 5.91 Å². The van der Waals surface area contributed by atoms with Crippen molar-refractivity contribution in [3.05, 3.63) is 23.8 Å². The Bertz CT molecular complexity index is 617. The van der Waals surface area contributed by atoms with Gasteiger partial charge in [0.05, 0.1) is 5.69 Å². The first-order valence-electron chi connectivity index (χ1n) is 8.46. The normalized spacial score (nSPS) is 19.7. The number of benzene rings is 1. The number of thioether (sulfide) groups is 1. The zero-order valence-corrected chi connectivity index (χ0v) is 14.7. The lowest BCUT2D eigenvalue weighted by Gasteiger charge is -2.22. The molecule has 0 bridgehead atoms. The van der Waals surface area contributed by atoms with E-state index in [0.29, 0.717) is 19.5 Å². The lowest BCUT2D eigenvalue weighted by Crippen LogP contribution is -2.40. The van der Waals surface area contributed by atoms with Gasteiger partial charge in [-0.25, -0.2) is 4.79 Å². The van der Waals surface area contributed by atoms with Crippen LogP contribution in [0.4, 0.5) is 16.2 Å². The first-order valence-corrected chi connectivity index (χ1v) is 9.62. The summed E-state index contributed by atoms with van der Waals surface area (Å²) in [6.45, 7) is 4.15. The van der Waals surface area contributed by atoms with Gasteiger partial charge in [-0.1, -0.05) is 6.07 Å². The molecule has 7 heteroatoms. The number of hydrogen-bond donors (Lipinski definition) is 3. The molecule has 1 aromatic rings. The predicted molar refractivity (Wildman–Crippen MR) is 98.9 cm³/mol. The summed E-state index contributed by atoms with van der Waals surface area (Å²) in [5, 5.41) is 9.17. The minimum absolute atomic E-state index is 0.0116. The van der Waals surface area contributed by atoms with Crippen LogP contribution < -0.4 is 20.9 Å². The number of amides is 3. The molecule has 1 saturated heterocycles. The maximum Gasteiger partial charge on any atom is 0.321 e. The van der Waals surface area contributed by atoms with E-state index in [1.165, 1.54) is 0 Å². The number of fused-ring (bicyclic) bond motifs is 1. The summed E-state index contributed by atoms with van der Waals surface area (Å²) in [6, 6.07) is 5.98. The highest BCUT2D eigenvalue weighted by atomic mass is 32.2. The number of urea groups is 1. The van der Waals surface area contributed by atoms with Crippen molar-refractivity contribution in [1.29, 1.82) is 0 Å². The molecule has 3 amide bonds. The maximum atomic E-state index is 12.2. The second-order valence-corrected chi connectivity index (χ2v) is 7.21. The SMILES string of the molecule is CCNC(=O)N1CCc2ccc(NC(=O)CC3CSCCN3)cc21. The Morgan fingerprint density at radius 2 is 2.29 bits per heavy atom. The Kier molecular flexibility index (Phi) is 5.63. The highest BCUT2D eigenvalue weighted by Crippen LogP contribution is 2.31. The van der Waals surface area contributed by atoms with Crippen LogP contribution in [-0.2, 0) is 11.2 Å². The fraction of sp³-hybridized carbons (Fsp3) is 0.529. The van der Waals surface area contributed by atoms with Gasteiger partial charge in [-0.2, -0.15) is 11.8 Å². The van der Waals surface area contributed by atoms with E-state index in [4.69, 9.17) is 0 Å². The smallest absolute Gasteiger partial charge is 0.321 e. The van der Waals surface area contributed by atoms with Crippen molar-refractivity contribution in [1.82, 2.24) is 10.6 Å². The highest BCUT2D eigenvalue weighted by Gasteiger charge is 2.25. The van der Waals surface area contributed by atoms with Crippen LogP contribution >= 0.6 is 11.8 Å². The van der Waals surface area contributed by atoms with Gasteiger partial charge in [-0.05, 0) is 31.0 Å². The molecule has 0 aliphatic carbocycles. The summed E-state index contributed by atoms with van der Waals surface area (Å²) < 4.78 is 0. The standard InChI is InChI=1S/C17H24N4O2S/c1-2-18-17(23)21-7-5-12-3-4-13(9-15(12)21)20-16(22)10-14-11-24-8-6-19-14/h3-4,9,14,19H,2,5-8,10-11H2,1H3,(H,18,23)(H,20,22). The third-order valence-corrected chi connectivity index (χ3v) is 5.40. The molecule has 0 saturated carbocycles. The fourth-order valence-electron chi connectivity index (χ4n) is 3.10. The van der Waals surface area contributed by atoms with Crippen LogP contribution in [0.3, 0.4) is 0 Å². The molecule has 1 fully saturated rings. The molecule has 0 aromatic heterocycles. The van der Waals surface area contributed by atoms with Crippen molar-refractivity contribution in [2.75, 3.05) is 41.4 Å². The minimum Gasteiger partial charge on any atom is -0.338 e. The number of nitrogens with one attached hydrogen (secondary N) is 3. The Hall–Kier alpha value is -1.73. The Morgan fingerprint density at radius 3 is 3.04 bits per heavy atom. The van der Waals surface area contributed by atoms with E-state index < -0.39 is 0 Å². The fourth-order valence-corrected chi connectivity index (χ4v) is 4.05. The summed E-state index contributed by atoms with van der Waals surface area (Å²) in [6.07, 6.45) is 1.33. The number of carbonyl (C=O) groups excluding carboxylic acids is 2. The lowest BCUT2D eigenvalue weighted by atomic mass is 10.1. The zero-order valence-electron chi connectivity index (χ0n) is 13.9. The van der Waals surface area contributed by atoms with E-state index in [2.05, 4.69) is 16.0 Å². The van der Waals surface area contributed by atoms with Crippen LogP contribution in [-0.4, -0.2) is 49.1 Å². The molecule has 130 valence electrons. The van der Waals surface area contributed by atoms with Gasteiger partial charge >= 0.3 is 6.03 Å². The van der Waals surface area contributed by atoms with Gasteiger partial charge in [0, 0.05) is 49.3 Å². The highest BCUT2D eigenvalue weighted by molar-refractivity contribution is 7.99. The van der Waals surface area contributed by atoms with Crippen molar-refractivity contribution in [2.45, 2.75) is 25.8 Å². The van der Waals surface area contributed by atoms with Crippen LogP contribution in [0.25, 0.3) is 0 Å².